The Morgan fingerprint density at radius 1 is 1.08 bits per heavy atom. The fraction of sp³-hybridized carbons (Fsp3) is 0.0667. The predicted molar refractivity (Wildman–Crippen MR) is 86.8 cm³/mol. The van der Waals surface area contributed by atoms with Gasteiger partial charge in [0.1, 0.15) is 11.0 Å². The van der Waals surface area contributed by atoms with Crippen molar-refractivity contribution in [2.75, 3.05) is 0 Å². The maximum atomic E-state index is 12.0. The number of benzene rings is 2. The SMILES string of the molecule is NS(=O)c1cccc(-c2cccc3c2CNC3=O)c1-c1nn[nH]n1. The van der Waals surface area contributed by atoms with Gasteiger partial charge in [0.25, 0.3) is 5.91 Å². The number of hydrogen-bond acceptors (Lipinski definition) is 5. The highest BCUT2D eigenvalue weighted by atomic mass is 32.2. The second kappa shape index (κ2) is 5.62. The first-order chi connectivity index (χ1) is 11.7. The zero-order valence-electron chi connectivity index (χ0n) is 12.3. The zero-order valence-corrected chi connectivity index (χ0v) is 13.1. The molecule has 1 aliphatic heterocycles. The normalized spacial score (nSPS) is 14.3. The molecule has 1 aromatic heterocycles. The number of rotatable bonds is 3. The number of amides is 1. The van der Waals surface area contributed by atoms with Crippen LogP contribution in [-0.2, 0) is 17.5 Å². The molecule has 24 heavy (non-hydrogen) atoms. The van der Waals surface area contributed by atoms with Crippen LogP contribution in [0.3, 0.4) is 0 Å². The molecule has 1 aliphatic rings. The van der Waals surface area contributed by atoms with Crippen molar-refractivity contribution in [3.63, 3.8) is 0 Å². The van der Waals surface area contributed by atoms with Crippen LogP contribution in [0.25, 0.3) is 22.5 Å². The second-order valence-electron chi connectivity index (χ2n) is 5.23. The van der Waals surface area contributed by atoms with Crippen LogP contribution in [0.2, 0.25) is 0 Å². The highest BCUT2D eigenvalue weighted by molar-refractivity contribution is 7.82. The Balaban J connectivity index is 2.03. The number of fused-ring (bicyclic) bond motifs is 1. The van der Waals surface area contributed by atoms with Crippen LogP contribution >= 0.6 is 0 Å². The maximum Gasteiger partial charge on any atom is 0.251 e. The lowest BCUT2D eigenvalue weighted by molar-refractivity contribution is 0.0965. The number of nitrogens with one attached hydrogen (secondary N) is 2. The van der Waals surface area contributed by atoms with E-state index in [0.717, 1.165) is 16.7 Å². The van der Waals surface area contributed by atoms with Crippen molar-refractivity contribution in [2.24, 2.45) is 5.14 Å². The first kappa shape index (κ1) is 14.7. The number of hydrogen-bond donors (Lipinski definition) is 3. The molecule has 0 radical (unpaired) electrons. The number of nitrogens with zero attached hydrogens (tertiary/aromatic N) is 3. The summed E-state index contributed by atoms with van der Waals surface area (Å²) < 4.78 is 12.0. The van der Waals surface area contributed by atoms with Gasteiger partial charge in [-0.2, -0.15) is 5.21 Å². The number of carbonyl (C=O) groups excluding carboxylic acids is 1. The van der Waals surface area contributed by atoms with Crippen molar-refractivity contribution in [3.05, 3.63) is 47.5 Å². The molecule has 0 saturated carbocycles. The lowest BCUT2D eigenvalue weighted by Gasteiger charge is -2.13. The fourth-order valence-electron chi connectivity index (χ4n) is 2.93. The van der Waals surface area contributed by atoms with Gasteiger partial charge in [0, 0.05) is 17.7 Å². The molecule has 0 fully saturated rings. The molecule has 3 aromatic rings. The minimum atomic E-state index is -1.72. The number of carbonyl (C=O) groups is 1. The Labute approximate surface area is 139 Å². The van der Waals surface area contributed by atoms with Crippen LogP contribution in [0.5, 0.6) is 0 Å². The Kier molecular flexibility index (Phi) is 3.44. The third kappa shape index (κ3) is 2.22. The van der Waals surface area contributed by atoms with Gasteiger partial charge in [-0.3, -0.25) is 4.79 Å². The monoisotopic (exact) mass is 340 g/mol. The van der Waals surface area contributed by atoms with Gasteiger partial charge < -0.3 is 5.32 Å². The summed E-state index contributed by atoms with van der Waals surface area (Å²) in [6, 6.07) is 10.8. The number of H-pyrrole nitrogens is 1. The lowest BCUT2D eigenvalue weighted by atomic mass is 9.93. The molecule has 2 aromatic carbocycles. The third-order valence-corrected chi connectivity index (χ3v) is 4.72. The van der Waals surface area contributed by atoms with Crippen LogP contribution in [0.1, 0.15) is 15.9 Å². The molecule has 0 saturated heterocycles. The molecule has 0 spiro atoms. The predicted octanol–water partition coefficient (Wildman–Crippen LogP) is 0.758. The Morgan fingerprint density at radius 3 is 2.58 bits per heavy atom. The molecule has 1 amide bonds. The van der Waals surface area contributed by atoms with Gasteiger partial charge in [0.15, 0.2) is 0 Å². The summed E-state index contributed by atoms with van der Waals surface area (Å²) in [6.45, 7) is 0.436. The van der Waals surface area contributed by atoms with Crippen LogP contribution in [0, 0.1) is 0 Å². The molecule has 4 N–H and O–H groups in total. The van der Waals surface area contributed by atoms with E-state index in [1.807, 2.05) is 18.2 Å². The van der Waals surface area contributed by atoms with Gasteiger partial charge in [-0.15, -0.1) is 10.2 Å². The standard InChI is InChI=1S/C15H12N6O2S/c16-24(23)12-6-2-4-9(13(12)14-18-20-21-19-14)8-3-1-5-10-11(8)7-17-15(10)22/h1-6H,7,16H2,(H,17,22)(H,18,19,20,21). The van der Waals surface area contributed by atoms with E-state index >= 15 is 0 Å². The molecule has 0 bridgehead atoms. The molecule has 9 heteroatoms. The van der Waals surface area contributed by atoms with E-state index in [9.17, 15) is 9.00 Å². The van der Waals surface area contributed by atoms with Crippen molar-refractivity contribution in [3.8, 4) is 22.5 Å². The molecule has 1 unspecified atom stereocenters. The van der Waals surface area contributed by atoms with Gasteiger partial charge >= 0.3 is 0 Å². The topological polar surface area (TPSA) is 127 Å². The zero-order chi connectivity index (χ0) is 16.7. The Hall–Kier alpha value is -2.91. The van der Waals surface area contributed by atoms with Crippen LogP contribution in [0.15, 0.2) is 41.3 Å². The van der Waals surface area contributed by atoms with Crippen molar-refractivity contribution < 1.29 is 9.00 Å². The smallest absolute Gasteiger partial charge is 0.251 e. The Morgan fingerprint density at radius 2 is 1.83 bits per heavy atom. The maximum absolute atomic E-state index is 12.0. The quantitative estimate of drug-likeness (QED) is 0.649. The molecule has 8 nitrogen and oxygen atoms in total. The van der Waals surface area contributed by atoms with E-state index in [2.05, 4.69) is 25.9 Å². The van der Waals surface area contributed by atoms with E-state index in [4.69, 9.17) is 5.14 Å². The van der Waals surface area contributed by atoms with Gasteiger partial charge in [0.05, 0.1) is 4.90 Å². The van der Waals surface area contributed by atoms with Crippen LogP contribution in [-0.4, -0.2) is 30.7 Å². The number of aromatic amines is 1. The van der Waals surface area contributed by atoms with Crippen molar-refractivity contribution >= 4 is 16.9 Å². The highest BCUT2D eigenvalue weighted by Crippen LogP contribution is 2.37. The largest absolute Gasteiger partial charge is 0.348 e. The van der Waals surface area contributed by atoms with Crippen LogP contribution in [0.4, 0.5) is 0 Å². The Bertz CT molecular complexity index is 970. The van der Waals surface area contributed by atoms with E-state index in [0.29, 0.717) is 28.4 Å². The summed E-state index contributed by atoms with van der Waals surface area (Å²) >= 11 is 0. The average molecular weight is 340 g/mol. The summed E-state index contributed by atoms with van der Waals surface area (Å²) in [4.78, 5) is 12.3. The van der Waals surface area contributed by atoms with Crippen LogP contribution < -0.4 is 10.5 Å². The summed E-state index contributed by atoms with van der Waals surface area (Å²) in [5, 5.41) is 22.4. The summed E-state index contributed by atoms with van der Waals surface area (Å²) in [7, 11) is -1.72. The van der Waals surface area contributed by atoms with E-state index < -0.39 is 11.0 Å². The van der Waals surface area contributed by atoms with Crippen molar-refractivity contribution in [1.82, 2.24) is 25.9 Å². The van der Waals surface area contributed by atoms with Gasteiger partial charge in [-0.25, -0.2) is 9.35 Å². The second-order valence-corrected chi connectivity index (χ2v) is 6.26. The molecular weight excluding hydrogens is 328 g/mol. The highest BCUT2D eigenvalue weighted by Gasteiger charge is 2.25. The minimum Gasteiger partial charge on any atom is -0.348 e. The summed E-state index contributed by atoms with van der Waals surface area (Å²) in [5.74, 6) is 0.195. The molecular formula is C15H12N6O2S. The summed E-state index contributed by atoms with van der Waals surface area (Å²) in [5.41, 5.74) is 3.65. The summed E-state index contributed by atoms with van der Waals surface area (Å²) in [6.07, 6.45) is 0. The number of aromatic nitrogens is 4. The molecule has 4 rings (SSSR count). The van der Waals surface area contributed by atoms with E-state index in [1.165, 1.54) is 0 Å². The molecule has 0 aliphatic carbocycles. The average Bonchev–Trinajstić information content (AvgIpc) is 3.24. The number of nitrogens with two attached hydrogens (primary N) is 1. The van der Waals surface area contributed by atoms with Crippen molar-refractivity contribution in [2.45, 2.75) is 11.4 Å². The molecule has 2 heterocycles. The lowest BCUT2D eigenvalue weighted by Crippen LogP contribution is -2.12. The van der Waals surface area contributed by atoms with Gasteiger partial charge in [0.2, 0.25) is 5.82 Å². The van der Waals surface area contributed by atoms with Gasteiger partial charge in [-0.1, -0.05) is 24.3 Å². The van der Waals surface area contributed by atoms with E-state index in [-0.39, 0.29) is 5.91 Å². The number of tetrazole rings is 1. The molecule has 1 atom stereocenters. The first-order valence-corrected chi connectivity index (χ1v) is 8.31. The third-order valence-electron chi connectivity index (χ3n) is 3.95. The van der Waals surface area contributed by atoms with E-state index in [1.54, 1.807) is 18.2 Å². The minimum absolute atomic E-state index is 0.105. The fourth-order valence-corrected chi connectivity index (χ4v) is 3.54. The van der Waals surface area contributed by atoms with Crippen molar-refractivity contribution in [1.29, 1.82) is 0 Å². The van der Waals surface area contributed by atoms with Gasteiger partial charge in [-0.05, 0) is 34.0 Å². The first-order valence-electron chi connectivity index (χ1n) is 7.10. The molecule has 120 valence electrons.